The van der Waals surface area contributed by atoms with E-state index < -0.39 is 0 Å². The zero-order chi connectivity index (χ0) is 14.4. The van der Waals surface area contributed by atoms with Gasteiger partial charge in [-0.1, -0.05) is 23.9 Å². The monoisotopic (exact) mass is 286 g/mol. The van der Waals surface area contributed by atoms with E-state index in [4.69, 9.17) is 5.26 Å². The summed E-state index contributed by atoms with van der Waals surface area (Å²) in [6, 6.07) is 7.57. The molecule has 0 unspecified atom stereocenters. The van der Waals surface area contributed by atoms with E-state index in [0.29, 0.717) is 5.17 Å². The minimum Gasteiger partial charge on any atom is -0.271 e. The van der Waals surface area contributed by atoms with Crippen molar-refractivity contribution >= 4 is 22.6 Å². The topological polar surface area (TPSA) is 78.9 Å². The van der Waals surface area contributed by atoms with Crippen molar-refractivity contribution in [3.8, 4) is 11.9 Å². The molecule has 0 spiro atoms. The number of rotatable bonds is 3. The maximum atomic E-state index is 8.59. The van der Waals surface area contributed by atoms with Crippen LogP contribution in [0, 0.1) is 11.5 Å². The number of amidine groups is 1. The minimum atomic E-state index is 0.564. The van der Waals surface area contributed by atoms with Crippen molar-refractivity contribution < 1.29 is 0 Å². The molecule has 2 aromatic rings. The summed E-state index contributed by atoms with van der Waals surface area (Å²) in [5, 5.41) is 19.8. The van der Waals surface area contributed by atoms with E-state index >= 15 is 0 Å². The van der Waals surface area contributed by atoms with Crippen LogP contribution in [-0.2, 0) is 6.42 Å². The first-order chi connectivity index (χ1) is 9.76. The van der Waals surface area contributed by atoms with Gasteiger partial charge in [0, 0.05) is 0 Å². The van der Waals surface area contributed by atoms with Crippen LogP contribution in [-0.4, -0.2) is 26.4 Å². The number of aliphatic imine (C=N–C) groups is 1. The molecule has 0 saturated heterocycles. The van der Waals surface area contributed by atoms with Crippen LogP contribution in [0.25, 0.3) is 5.69 Å². The molecule has 1 heterocycles. The molecule has 0 radical (unpaired) electrons. The highest BCUT2D eigenvalue weighted by Crippen LogP contribution is 2.17. The largest absolute Gasteiger partial charge is 0.271 e. The van der Waals surface area contributed by atoms with Gasteiger partial charge in [-0.15, -0.1) is 5.10 Å². The second kappa shape index (κ2) is 6.73. The minimum absolute atomic E-state index is 0.564. The zero-order valence-corrected chi connectivity index (χ0v) is 12.1. The van der Waals surface area contributed by atoms with Crippen LogP contribution >= 0.6 is 11.8 Å². The van der Waals surface area contributed by atoms with Gasteiger partial charge in [-0.3, -0.25) is 5.32 Å². The lowest BCUT2D eigenvalue weighted by molar-refractivity contribution is 0.798. The zero-order valence-electron chi connectivity index (χ0n) is 11.2. The number of nitrogens with zero attached hydrogens (tertiary/aromatic N) is 5. The first kappa shape index (κ1) is 14.1. The Balaban J connectivity index is 2.20. The Labute approximate surface area is 121 Å². The number of nitrogens with one attached hydrogen (secondary N) is 1. The summed E-state index contributed by atoms with van der Waals surface area (Å²) in [4.78, 5) is 4.32. The summed E-state index contributed by atoms with van der Waals surface area (Å²) in [5.41, 5.74) is 2.65. The molecule has 0 amide bonds. The number of thioether (sulfide) groups is 1. The molecular formula is C13H14N6S. The molecule has 0 aliphatic heterocycles. The molecule has 0 aliphatic rings. The van der Waals surface area contributed by atoms with Crippen LogP contribution in [0.2, 0.25) is 0 Å². The quantitative estimate of drug-likeness (QED) is 0.405. The lowest BCUT2D eigenvalue weighted by Gasteiger charge is -2.02. The summed E-state index contributed by atoms with van der Waals surface area (Å²) < 4.78 is 1.73. The van der Waals surface area contributed by atoms with E-state index in [-0.39, 0.29) is 0 Å². The number of aryl methyl sites for hydroxylation is 1. The number of aromatic nitrogens is 3. The lowest BCUT2D eigenvalue weighted by atomic mass is 10.3. The van der Waals surface area contributed by atoms with Gasteiger partial charge in [-0.25, -0.2) is 9.67 Å². The number of hydrogen-bond donors (Lipinski definition) is 1. The molecule has 0 aliphatic carbocycles. The van der Waals surface area contributed by atoms with Gasteiger partial charge in [0.05, 0.1) is 23.3 Å². The smallest absolute Gasteiger partial charge is 0.183 e. The number of nitriles is 1. The van der Waals surface area contributed by atoms with Gasteiger partial charge < -0.3 is 0 Å². The highest BCUT2D eigenvalue weighted by atomic mass is 32.2. The second-order valence-electron chi connectivity index (χ2n) is 3.88. The first-order valence-electron chi connectivity index (χ1n) is 6.06. The molecule has 6 nitrogen and oxygen atoms in total. The van der Waals surface area contributed by atoms with Gasteiger partial charge in [-0.2, -0.15) is 5.26 Å². The summed E-state index contributed by atoms with van der Waals surface area (Å²) in [6.07, 6.45) is 6.49. The Hall–Kier alpha value is -2.33. The predicted octanol–water partition coefficient (Wildman–Crippen LogP) is 2.25. The van der Waals surface area contributed by atoms with Crippen molar-refractivity contribution in [3.05, 3.63) is 36.2 Å². The fraction of sp³-hybridized carbons (Fsp3) is 0.231. The fourth-order valence-electron chi connectivity index (χ4n) is 1.56. The van der Waals surface area contributed by atoms with E-state index in [2.05, 4.69) is 20.6 Å². The average Bonchev–Trinajstić information content (AvgIpc) is 2.96. The molecule has 20 heavy (non-hydrogen) atoms. The van der Waals surface area contributed by atoms with Gasteiger partial charge in [0.2, 0.25) is 0 Å². The van der Waals surface area contributed by atoms with Gasteiger partial charge in [-0.05, 0) is 36.9 Å². The molecule has 1 aromatic heterocycles. The summed E-state index contributed by atoms with van der Waals surface area (Å²) in [7, 11) is 0. The van der Waals surface area contributed by atoms with E-state index in [9.17, 15) is 0 Å². The predicted molar refractivity (Wildman–Crippen MR) is 80.1 cm³/mol. The van der Waals surface area contributed by atoms with Crippen molar-refractivity contribution in [1.29, 1.82) is 5.26 Å². The van der Waals surface area contributed by atoms with E-state index in [0.717, 1.165) is 23.5 Å². The van der Waals surface area contributed by atoms with Crippen LogP contribution in [0.15, 0.2) is 35.5 Å². The molecule has 0 fully saturated rings. The maximum absolute atomic E-state index is 8.59. The van der Waals surface area contributed by atoms with Crippen molar-refractivity contribution in [3.63, 3.8) is 0 Å². The SMILES string of the molecule is CCc1cn(-c2ccc(N=C(NC#N)SC)cc2)nn1. The molecule has 1 aromatic carbocycles. The fourth-order valence-corrected chi connectivity index (χ4v) is 1.90. The molecule has 0 atom stereocenters. The van der Waals surface area contributed by atoms with Crippen molar-refractivity contribution in [1.82, 2.24) is 20.3 Å². The summed E-state index contributed by atoms with van der Waals surface area (Å²) >= 11 is 1.39. The van der Waals surface area contributed by atoms with Gasteiger partial charge in [0.1, 0.15) is 0 Å². The Morgan fingerprint density at radius 2 is 2.20 bits per heavy atom. The van der Waals surface area contributed by atoms with E-state index in [1.165, 1.54) is 11.8 Å². The highest BCUT2D eigenvalue weighted by Gasteiger charge is 2.02. The third-order valence-electron chi connectivity index (χ3n) is 2.60. The summed E-state index contributed by atoms with van der Waals surface area (Å²) in [5.74, 6) is 0. The van der Waals surface area contributed by atoms with Crippen LogP contribution in [0.1, 0.15) is 12.6 Å². The van der Waals surface area contributed by atoms with E-state index in [1.54, 1.807) is 4.68 Å². The van der Waals surface area contributed by atoms with E-state index in [1.807, 2.05) is 49.8 Å². The van der Waals surface area contributed by atoms with Gasteiger partial charge in [0.15, 0.2) is 11.4 Å². The third-order valence-corrected chi connectivity index (χ3v) is 3.18. The lowest BCUT2D eigenvalue weighted by Crippen LogP contribution is -2.12. The molecule has 0 bridgehead atoms. The standard InChI is InChI=1S/C13H14N6S/c1-3-10-8-19(18-17-10)12-6-4-11(5-7-12)16-13(20-2)15-9-14/h4-8H,3H2,1-2H3,(H,15,16). The Morgan fingerprint density at radius 1 is 1.45 bits per heavy atom. The van der Waals surface area contributed by atoms with Crippen LogP contribution in [0.5, 0.6) is 0 Å². The molecule has 0 saturated carbocycles. The summed E-state index contributed by atoms with van der Waals surface area (Å²) in [6.45, 7) is 2.04. The molecule has 1 N–H and O–H groups in total. The van der Waals surface area contributed by atoms with Crippen molar-refractivity contribution in [2.24, 2.45) is 4.99 Å². The average molecular weight is 286 g/mol. The van der Waals surface area contributed by atoms with Crippen molar-refractivity contribution in [2.45, 2.75) is 13.3 Å². The Bertz CT molecular complexity index is 638. The van der Waals surface area contributed by atoms with Crippen LogP contribution < -0.4 is 5.32 Å². The first-order valence-corrected chi connectivity index (χ1v) is 7.28. The normalized spacial score (nSPS) is 11.2. The Kier molecular flexibility index (Phi) is 4.74. The van der Waals surface area contributed by atoms with Crippen LogP contribution in [0.3, 0.4) is 0 Å². The van der Waals surface area contributed by atoms with Crippen molar-refractivity contribution in [2.75, 3.05) is 6.26 Å². The number of hydrogen-bond acceptors (Lipinski definition) is 5. The number of benzene rings is 1. The maximum Gasteiger partial charge on any atom is 0.183 e. The third kappa shape index (κ3) is 3.36. The molecule has 102 valence electrons. The van der Waals surface area contributed by atoms with Gasteiger partial charge in [0.25, 0.3) is 0 Å². The molecule has 2 rings (SSSR count). The van der Waals surface area contributed by atoms with Gasteiger partial charge >= 0.3 is 0 Å². The van der Waals surface area contributed by atoms with Crippen LogP contribution in [0.4, 0.5) is 5.69 Å². The second-order valence-corrected chi connectivity index (χ2v) is 4.68. The molecular weight excluding hydrogens is 272 g/mol. The molecule has 7 heteroatoms. The Morgan fingerprint density at radius 3 is 2.75 bits per heavy atom. The highest BCUT2D eigenvalue weighted by molar-refractivity contribution is 8.13.